The maximum absolute atomic E-state index is 8.87. The average molecular weight is 154 g/mol. The van der Waals surface area contributed by atoms with E-state index in [-0.39, 0.29) is 6.61 Å². The van der Waals surface area contributed by atoms with Crippen LogP contribution in [0.2, 0.25) is 0 Å². The minimum absolute atomic E-state index is 0.277. The summed E-state index contributed by atoms with van der Waals surface area (Å²) in [6.07, 6.45) is 5.21. The predicted molar refractivity (Wildman–Crippen MR) is 41.6 cm³/mol. The second-order valence-electron chi connectivity index (χ2n) is 3.07. The molecule has 0 aliphatic carbocycles. The molecule has 0 aromatic carbocycles. The number of hydrogen-bond acceptors (Lipinski definition) is 3. The minimum atomic E-state index is 0.277. The zero-order valence-corrected chi connectivity index (χ0v) is 6.66. The third-order valence-electron chi connectivity index (χ3n) is 2.25. The summed E-state index contributed by atoms with van der Waals surface area (Å²) < 4.78 is 0. The monoisotopic (exact) mass is 154 g/mol. The van der Waals surface area contributed by atoms with Gasteiger partial charge in [-0.15, -0.1) is 0 Å². The number of hydrogen-bond donors (Lipinski definition) is 1. The topological polar surface area (TPSA) is 47.3 Å². The standard InChI is InChI=1S/C8H14N2O/c9-7-10-4-1-2-8(6-11)3-5-10/h8,11H,1-6H2. The van der Waals surface area contributed by atoms with Gasteiger partial charge in [0.15, 0.2) is 6.19 Å². The molecule has 1 N–H and O–H groups in total. The van der Waals surface area contributed by atoms with E-state index < -0.39 is 0 Å². The van der Waals surface area contributed by atoms with Gasteiger partial charge in [0.2, 0.25) is 0 Å². The van der Waals surface area contributed by atoms with Crippen LogP contribution in [0.3, 0.4) is 0 Å². The Bertz CT molecular complexity index is 153. The highest BCUT2D eigenvalue weighted by molar-refractivity contribution is 4.78. The highest BCUT2D eigenvalue weighted by atomic mass is 16.3. The summed E-state index contributed by atoms with van der Waals surface area (Å²) in [5, 5.41) is 17.5. The Balaban J connectivity index is 2.34. The van der Waals surface area contributed by atoms with E-state index in [2.05, 4.69) is 6.19 Å². The Morgan fingerprint density at radius 3 is 2.91 bits per heavy atom. The second kappa shape index (κ2) is 4.20. The maximum atomic E-state index is 8.87. The summed E-state index contributed by atoms with van der Waals surface area (Å²) in [7, 11) is 0. The van der Waals surface area contributed by atoms with Crippen LogP contribution >= 0.6 is 0 Å². The number of likely N-dealkylation sites (tertiary alicyclic amines) is 1. The summed E-state index contributed by atoms with van der Waals surface area (Å²) in [6.45, 7) is 1.97. The van der Waals surface area contributed by atoms with Crippen molar-refractivity contribution in [2.75, 3.05) is 19.7 Å². The van der Waals surface area contributed by atoms with Gasteiger partial charge in [-0.3, -0.25) is 0 Å². The molecule has 1 atom stereocenters. The van der Waals surface area contributed by atoms with Crippen LogP contribution in [-0.2, 0) is 0 Å². The van der Waals surface area contributed by atoms with Crippen molar-refractivity contribution in [1.29, 1.82) is 5.26 Å². The van der Waals surface area contributed by atoms with E-state index in [9.17, 15) is 0 Å². The lowest BCUT2D eigenvalue weighted by Crippen LogP contribution is -2.18. The fourth-order valence-electron chi connectivity index (χ4n) is 1.45. The number of nitriles is 1. The minimum Gasteiger partial charge on any atom is -0.396 e. The molecule has 1 rings (SSSR count). The van der Waals surface area contributed by atoms with Crippen molar-refractivity contribution in [2.24, 2.45) is 5.92 Å². The zero-order chi connectivity index (χ0) is 8.10. The first-order valence-corrected chi connectivity index (χ1v) is 4.12. The van der Waals surface area contributed by atoms with Crippen molar-refractivity contribution in [3.8, 4) is 6.19 Å². The molecule has 0 amide bonds. The fourth-order valence-corrected chi connectivity index (χ4v) is 1.45. The summed E-state index contributed by atoms with van der Waals surface area (Å²) >= 11 is 0. The van der Waals surface area contributed by atoms with Gasteiger partial charge in [-0.2, -0.15) is 5.26 Å². The predicted octanol–water partition coefficient (Wildman–Crippen LogP) is 0.562. The van der Waals surface area contributed by atoms with Crippen molar-refractivity contribution >= 4 is 0 Å². The molecular weight excluding hydrogens is 140 g/mol. The van der Waals surface area contributed by atoms with Gasteiger partial charge in [-0.25, -0.2) is 0 Å². The van der Waals surface area contributed by atoms with E-state index in [1.165, 1.54) is 0 Å². The molecule has 1 heterocycles. The number of aliphatic hydroxyl groups is 1. The lowest BCUT2D eigenvalue weighted by Gasteiger charge is -2.11. The third-order valence-corrected chi connectivity index (χ3v) is 2.25. The summed E-state index contributed by atoms with van der Waals surface area (Å²) in [5.74, 6) is 0.424. The third kappa shape index (κ3) is 2.39. The Morgan fingerprint density at radius 1 is 1.45 bits per heavy atom. The molecule has 0 bridgehead atoms. The molecule has 1 aliphatic heterocycles. The van der Waals surface area contributed by atoms with Gasteiger partial charge in [0.05, 0.1) is 0 Å². The van der Waals surface area contributed by atoms with Gasteiger partial charge >= 0.3 is 0 Å². The Hall–Kier alpha value is -0.750. The molecule has 11 heavy (non-hydrogen) atoms. The smallest absolute Gasteiger partial charge is 0.179 e. The van der Waals surface area contributed by atoms with Crippen molar-refractivity contribution in [3.05, 3.63) is 0 Å². The van der Waals surface area contributed by atoms with E-state index in [0.29, 0.717) is 5.92 Å². The van der Waals surface area contributed by atoms with Gasteiger partial charge in [-0.05, 0) is 25.2 Å². The van der Waals surface area contributed by atoms with Crippen LogP contribution in [0.5, 0.6) is 0 Å². The SMILES string of the molecule is N#CN1CCCC(CO)CC1. The highest BCUT2D eigenvalue weighted by Gasteiger charge is 2.14. The zero-order valence-electron chi connectivity index (χ0n) is 6.66. The van der Waals surface area contributed by atoms with Gasteiger partial charge in [0.25, 0.3) is 0 Å². The number of rotatable bonds is 1. The van der Waals surface area contributed by atoms with Crippen LogP contribution in [0.4, 0.5) is 0 Å². The normalized spacial score (nSPS) is 25.8. The van der Waals surface area contributed by atoms with E-state index in [0.717, 1.165) is 32.4 Å². The highest BCUT2D eigenvalue weighted by Crippen LogP contribution is 2.15. The van der Waals surface area contributed by atoms with Crippen LogP contribution in [0.1, 0.15) is 19.3 Å². The molecule has 1 unspecified atom stereocenters. The van der Waals surface area contributed by atoms with E-state index in [1.807, 2.05) is 0 Å². The van der Waals surface area contributed by atoms with Gasteiger partial charge in [-0.1, -0.05) is 0 Å². The average Bonchev–Trinajstić information content (AvgIpc) is 2.28. The maximum Gasteiger partial charge on any atom is 0.179 e. The number of aliphatic hydroxyl groups excluding tert-OH is 1. The Morgan fingerprint density at radius 2 is 2.27 bits per heavy atom. The number of nitrogens with zero attached hydrogens (tertiary/aromatic N) is 2. The summed E-state index contributed by atoms with van der Waals surface area (Å²) in [5.41, 5.74) is 0. The molecule has 0 radical (unpaired) electrons. The molecule has 0 spiro atoms. The lowest BCUT2D eigenvalue weighted by atomic mass is 10.0. The first-order valence-electron chi connectivity index (χ1n) is 4.12. The lowest BCUT2D eigenvalue weighted by molar-refractivity contribution is 0.213. The molecule has 3 nitrogen and oxygen atoms in total. The quantitative estimate of drug-likeness (QED) is 0.561. The summed E-state index contributed by atoms with van der Waals surface area (Å²) in [6, 6.07) is 0. The van der Waals surface area contributed by atoms with Crippen molar-refractivity contribution < 1.29 is 5.11 Å². The Kier molecular flexibility index (Phi) is 3.18. The van der Waals surface area contributed by atoms with E-state index >= 15 is 0 Å². The molecule has 1 saturated heterocycles. The molecule has 1 aliphatic rings. The van der Waals surface area contributed by atoms with E-state index in [4.69, 9.17) is 10.4 Å². The fraction of sp³-hybridized carbons (Fsp3) is 0.875. The van der Waals surface area contributed by atoms with Crippen molar-refractivity contribution in [2.45, 2.75) is 19.3 Å². The first kappa shape index (κ1) is 8.35. The first-order chi connectivity index (χ1) is 5.36. The van der Waals surface area contributed by atoms with Crippen LogP contribution in [0.15, 0.2) is 0 Å². The van der Waals surface area contributed by atoms with E-state index in [1.54, 1.807) is 4.90 Å². The van der Waals surface area contributed by atoms with Crippen LogP contribution < -0.4 is 0 Å². The Labute approximate surface area is 67.2 Å². The van der Waals surface area contributed by atoms with Gasteiger partial charge in [0, 0.05) is 19.7 Å². The van der Waals surface area contributed by atoms with Gasteiger partial charge < -0.3 is 10.0 Å². The second-order valence-corrected chi connectivity index (χ2v) is 3.07. The van der Waals surface area contributed by atoms with Crippen LogP contribution in [0.25, 0.3) is 0 Å². The molecule has 62 valence electrons. The van der Waals surface area contributed by atoms with Crippen molar-refractivity contribution in [1.82, 2.24) is 4.90 Å². The van der Waals surface area contributed by atoms with Gasteiger partial charge in [0.1, 0.15) is 0 Å². The molecular formula is C8H14N2O. The molecule has 0 aromatic heterocycles. The van der Waals surface area contributed by atoms with Crippen LogP contribution in [-0.4, -0.2) is 29.7 Å². The largest absolute Gasteiger partial charge is 0.396 e. The molecule has 1 fully saturated rings. The molecule has 3 heteroatoms. The molecule has 0 saturated carbocycles. The van der Waals surface area contributed by atoms with Crippen molar-refractivity contribution in [3.63, 3.8) is 0 Å². The van der Waals surface area contributed by atoms with Crippen LogP contribution in [0, 0.1) is 17.4 Å². The molecule has 0 aromatic rings. The summed E-state index contributed by atoms with van der Waals surface area (Å²) in [4.78, 5) is 1.77.